The summed E-state index contributed by atoms with van der Waals surface area (Å²) in [6, 6.07) is 7.65. The van der Waals surface area contributed by atoms with Gasteiger partial charge in [0.15, 0.2) is 0 Å². The van der Waals surface area contributed by atoms with Crippen LogP contribution in [-0.4, -0.2) is 9.97 Å². The van der Waals surface area contributed by atoms with Gasteiger partial charge in [-0.25, -0.2) is 9.97 Å². The van der Waals surface area contributed by atoms with Gasteiger partial charge in [-0.15, -0.1) is 12.8 Å². The van der Waals surface area contributed by atoms with Gasteiger partial charge in [0.1, 0.15) is 11.4 Å². The molecule has 2 aromatic rings. The number of aromatic nitrogens is 2. The van der Waals surface area contributed by atoms with Crippen molar-refractivity contribution in [3.63, 3.8) is 0 Å². The summed E-state index contributed by atoms with van der Waals surface area (Å²) >= 11 is 0. The van der Waals surface area contributed by atoms with Crippen molar-refractivity contribution in [1.82, 2.24) is 9.97 Å². The largest absolute Gasteiger partial charge is 0.246 e. The number of nitrogens with zero attached hydrogens (tertiary/aromatic N) is 2. The van der Waals surface area contributed by atoms with Crippen molar-refractivity contribution in [3.8, 4) is 95.7 Å². The molecule has 0 amide bonds. The van der Waals surface area contributed by atoms with Crippen LogP contribution in [0.3, 0.4) is 0 Å². The van der Waals surface area contributed by atoms with Crippen molar-refractivity contribution in [2.24, 2.45) is 43.3 Å². The van der Waals surface area contributed by atoms with E-state index in [0.717, 1.165) is 55.7 Å². The minimum absolute atomic E-state index is 0.207. The molecule has 2 aromatic heterocycles. The van der Waals surface area contributed by atoms with Gasteiger partial charge in [-0.05, 0) is 59.8 Å². The number of pyridine rings is 2. The van der Waals surface area contributed by atoms with Crippen molar-refractivity contribution in [3.05, 3.63) is 127 Å². The molecule has 0 aromatic carbocycles. The van der Waals surface area contributed by atoms with Gasteiger partial charge in [0.2, 0.25) is 0 Å². The Bertz CT molecular complexity index is 2930. The maximum absolute atomic E-state index is 5.86. The van der Waals surface area contributed by atoms with Crippen LogP contribution in [-0.2, 0) is 0 Å². The van der Waals surface area contributed by atoms with E-state index in [9.17, 15) is 0 Å². The molecule has 0 N–H and O–H groups in total. The van der Waals surface area contributed by atoms with Gasteiger partial charge in [-0.2, -0.15) is 0 Å². The van der Waals surface area contributed by atoms with Gasteiger partial charge < -0.3 is 0 Å². The van der Waals surface area contributed by atoms with Crippen LogP contribution in [0.2, 0.25) is 0 Å². The number of hydrogen-bond donors (Lipinski definition) is 0. The predicted octanol–water partition coefficient (Wildman–Crippen LogP) is 16.0. The first-order valence-corrected chi connectivity index (χ1v) is 24.7. The molecule has 0 spiro atoms. The van der Waals surface area contributed by atoms with Gasteiger partial charge in [0.05, 0.1) is 33.4 Å². The van der Waals surface area contributed by atoms with Gasteiger partial charge in [0.25, 0.3) is 0 Å². The Morgan fingerprint density at radius 1 is 0.306 bits per heavy atom. The minimum Gasteiger partial charge on any atom is -0.246 e. The summed E-state index contributed by atoms with van der Waals surface area (Å²) in [5.41, 5.74) is 21.2. The van der Waals surface area contributed by atoms with E-state index < -0.39 is 0 Å². The van der Waals surface area contributed by atoms with Crippen molar-refractivity contribution >= 4 is 0 Å². The molecule has 0 saturated heterocycles. The van der Waals surface area contributed by atoms with E-state index >= 15 is 0 Å². The third-order valence-electron chi connectivity index (χ3n) is 10.5. The fourth-order valence-electron chi connectivity index (χ4n) is 5.61. The van der Waals surface area contributed by atoms with E-state index in [-0.39, 0.29) is 43.3 Å². The average Bonchev–Trinajstić information content (AvgIpc) is 3.21. The van der Waals surface area contributed by atoms with Crippen LogP contribution in [0.25, 0.3) is 0 Å². The molecular weight excluding hydrogens is 869 g/mol. The lowest BCUT2D eigenvalue weighted by Crippen LogP contribution is -2.11. The smallest absolute Gasteiger partial charge is 0.113 e. The second-order valence-corrected chi connectivity index (χ2v) is 26.2. The fourth-order valence-corrected chi connectivity index (χ4v) is 5.61. The van der Waals surface area contributed by atoms with E-state index in [0.29, 0.717) is 11.4 Å². The highest BCUT2D eigenvalue weighted by Crippen LogP contribution is 2.32. The monoisotopic (exact) mass is 949 g/mol. The lowest BCUT2D eigenvalue weighted by Gasteiger charge is -2.20. The van der Waals surface area contributed by atoms with Gasteiger partial charge in [-0.3, -0.25) is 0 Å². The molecule has 0 fully saturated rings. The molecule has 2 heterocycles. The SMILES string of the molecule is C#CC(=C=C(C#Cc1ccc(C#CC(=C=C(C#CC#CC(=C=C(C#Cc2ccc(C#CC(=C=C(C#C)C(C)(C)C)C(C)(C)C)nc2)C(C)(C)C)C(C)(C)C)C(C)(C)C)C(C)(C)C)nc1)C(C)(C)C)C(C)(C)C. The molecule has 0 atom stereocenters. The van der Waals surface area contributed by atoms with Crippen LogP contribution < -0.4 is 0 Å². The molecule has 0 aliphatic heterocycles. The van der Waals surface area contributed by atoms with E-state index in [1.807, 2.05) is 24.3 Å². The second kappa shape index (κ2) is 23.8. The van der Waals surface area contributed by atoms with Crippen molar-refractivity contribution in [2.75, 3.05) is 0 Å². The predicted molar refractivity (Wildman–Crippen MR) is 307 cm³/mol. The summed E-state index contributed by atoms with van der Waals surface area (Å²) in [4.78, 5) is 9.26. The second-order valence-electron chi connectivity index (χ2n) is 26.2. The van der Waals surface area contributed by atoms with E-state index in [1.165, 1.54) is 0 Å². The standard InChI is InChI=1S/C70H80N2/c1-27-53(63(3,4)5)45-57(67(15,16)17)37-33-51-35-42-62(72-49-51)44-40-60(70(24,25)26)48-56(66(12,13)14)32-30-29-31-55(65(9,10)11)47-58(68(18,19)20)38-34-52-36-41-61(71-50-52)43-39-59(69(21,22)23)46-54(28-2)64(6,7)8/h1-2,35-36,41-42,49-50H,3-26H3. The Kier molecular flexibility index (Phi) is 20.2. The molecule has 2 nitrogen and oxygen atoms in total. The van der Waals surface area contributed by atoms with Gasteiger partial charge in [0, 0.05) is 78.0 Å². The Morgan fingerprint density at radius 2 is 0.528 bits per heavy atom. The zero-order valence-corrected chi connectivity index (χ0v) is 48.5. The summed E-state index contributed by atoms with van der Waals surface area (Å²) in [5, 5.41) is 0. The van der Waals surface area contributed by atoms with E-state index in [1.54, 1.807) is 12.4 Å². The molecule has 2 heteroatoms. The maximum atomic E-state index is 5.86. The summed E-state index contributed by atoms with van der Waals surface area (Å²) in [5.74, 6) is 45.0. The lowest BCUT2D eigenvalue weighted by atomic mass is 9.82. The molecule has 0 unspecified atom stereocenters. The lowest BCUT2D eigenvalue weighted by molar-refractivity contribution is 0.508. The molecule has 0 radical (unpaired) electrons. The van der Waals surface area contributed by atoms with E-state index in [2.05, 4.69) is 282 Å². The zero-order chi connectivity index (χ0) is 55.3. The van der Waals surface area contributed by atoms with E-state index in [4.69, 9.17) is 12.8 Å². The third kappa shape index (κ3) is 20.7. The summed E-state index contributed by atoms with van der Waals surface area (Å²) in [6.45, 7) is 50.6. The summed E-state index contributed by atoms with van der Waals surface area (Å²) in [7, 11) is 0. The van der Waals surface area contributed by atoms with Crippen LogP contribution in [0, 0.1) is 139 Å². The maximum Gasteiger partial charge on any atom is 0.113 e. The van der Waals surface area contributed by atoms with Crippen LogP contribution in [0.15, 0.2) is 104 Å². The first kappa shape index (κ1) is 61.0. The third-order valence-corrected chi connectivity index (χ3v) is 10.5. The number of allylic oxidation sites excluding steroid dienone is 4. The average molecular weight is 949 g/mol. The molecule has 370 valence electrons. The van der Waals surface area contributed by atoms with Gasteiger partial charge in [-0.1, -0.05) is 236 Å². The minimum atomic E-state index is -0.325. The Balaban J connectivity index is 2.72. The molecule has 0 aliphatic carbocycles. The highest BCUT2D eigenvalue weighted by molar-refractivity contribution is 5.51. The Labute approximate surface area is 439 Å². The number of hydrogen-bond acceptors (Lipinski definition) is 2. The normalized spacial score (nSPS) is 11.2. The van der Waals surface area contributed by atoms with Crippen LogP contribution in [0.4, 0.5) is 0 Å². The van der Waals surface area contributed by atoms with Crippen molar-refractivity contribution < 1.29 is 0 Å². The fraction of sp³-hybridized carbons (Fsp3) is 0.457. The highest BCUT2D eigenvalue weighted by atomic mass is 14.7. The highest BCUT2D eigenvalue weighted by Gasteiger charge is 2.23. The molecule has 0 bridgehead atoms. The quantitative estimate of drug-likeness (QED) is 0.194. The molecule has 0 aliphatic rings. The van der Waals surface area contributed by atoms with Gasteiger partial charge >= 0.3 is 0 Å². The Morgan fingerprint density at radius 3 is 0.736 bits per heavy atom. The molecular formula is C70H80N2. The zero-order valence-electron chi connectivity index (χ0n) is 48.5. The first-order chi connectivity index (χ1) is 32.7. The molecule has 0 saturated carbocycles. The van der Waals surface area contributed by atoms with Crippen molar-refractivity contribution in [2.45, 2.75) is 166 Å². The Hall–Kier alpha value is -7.14. The number of rotatable bonds is 0. The summed E-state index contributed by atoms with van der Waals surface area (Å²) in [6.07, 6.45) is 15.2. The topological polar surface area (TPSA) is 25.8 Å². The van der Waals surface area contributed by atoms with Crippen LogP contribution in [0.5, 0.6) is 0 Å². The first-order valence-electron chi connectivity index (χ1n) is 24.7. The molecule has 2 rings (SSSR count). The molecule has 72 heavy (non-hydrogen) atoms. The number of terminal acetylenes is 2. The summed E-state index contributed by atoms with van der Waals surface area (Å²) < 4.78 is 0. The van der Waals surface area contributed by atoms with Crippen LogP contribution >= 0.6 is 0 Å². The van der Waals surface area contributed by atoms with Crippen LogP contribution in [0.1, 0.15) is 189 Å². The van der Waals surface area contributed by atoms with Crippen molar-refractivity contribution in [1.29, 1.82) is 0 Å².